The highest BCUT2D eigenvalue weighted by molar-refractivity contribution is 7.12. The van der Waals surface area contributed by atoms with E-state index >= 15 is 0 Å². The number of nitrogens with one attached hydrogen (secondary N) is 1. The molecule has 0 aliphatic heterocycles. The SMILES string of the molecule is Cc1cc(/C=N\NC(=O)[C@@H](C)Oc2ccc(F)cc2)c(C)n1-c1nccs1. The van der Waals surface area contributed by atoms with Crippen molar-refractivity contribution in [3.05, 3.63) is 64.7 Å². The first-order valence-corrected chi connectivity index (χ1v) is 9.17. The summed E-state index contributed by atoms with van der Waals surface area (Å²) in [6.07, 6.45) is 2.58. The van der Waals surface area contributed by atoms with E-state index in [1.807, 2.05) is 29.9 Å². The van der Waals surface area contributed by atoms with Crippen LogP contribution in [0.5, 0.6) is 5.75 Å². The molecule has 2 aromatic heterocycles. The summed E-state index contributed by atoms with van der Waals surface area (Å²) in [5, 5.41) is 6.83. The van der Waals surface area contributed by atoms with Gasteiger partial charge in [0.05, 0.1) is 6.21 Å². The van der Waals surface area contributed by atoms with Gasteiger partial charge in [0.25, 0.3) is 5.91 Å². The zero-order valence-corrected chi connectivity index (χ0v) is 16.0. The van der Waals surface area contributed by atoms with Gasteiger partial charge in [-0.25, -0.2) is 14.8 Å². The Kier molecular flexibility index (Phi) is 5.66. The van der Waals surface area contributed by atoms with Gasteiger partial charge < -0.3 is 4.74 Å². The smallest absolute Gasteiger partial charge is 0.280 e. The van der Waals surface area contributed by atoms with Gasteiger partial charge >= 0.3 is 0 Å². The lowest BCUT2D eigenvalue weighted by Crippen LogP contribution is -2.33. The van der Waals surface area contributed by atoms with Crippen molar-refractivity contribution in [1.82, 2.24) is 15.0 Å². The molecule has 8 heteroatoms. The number of benzene rings is 1. The van der Waals surface area contributed by atoms with Crippen molar-refractivity contribution in [3.63, 3.8) is 0 Å². The second-order valence-corrected chi connectivity index (χ2v) is 6.80. The molecule has 140 valence electrons. The fraction of sp³-hybridized carbons (Fsp3) is 0.211. The maximum Gasteiger partial charge on any atom is 0.280 e. The largest absolute Gasteiger partial charge is 0.481 e. The van der Waals surface area contributed by atoms with E-state index in [1.54, 1.807) is 30.7 Å². The summed E-state index contributed by atoms with van der Waals surface area (Å²) >= 11 is 1.55. The first-order chi connectivity index (χ1) is 13.0. The molecule has 0 aliphatic rings. The van der Waals surface area contributed by atoms with Crippen molar-refractivity contribution in [2.24, 2.45) is 5.10 Å². The van der Waals surface area contributed by atoms with Crippen LogP contribution in [0.2, 0.25) is 0 Å². The number of aryl methyl sites for hydroxylation is 1. The average molecular weight is 386 g/mol. The fourth-order valence-corrected chi connectivity index (χ4v) is 3.32. The quantitative estimate of drug-likeness (QED) is 0.520. The molecule has 0 saturated carbocycles. The summed E-state index contributed by atoms with van der Waals surface area (Å²) in [6, 6.07) is 7.46. The summed E-state index contributed by atoms with van der Waals surface area (Å²) in [6.45, 7) is 5.56. The molecule has 1 N–H and O–H groups in total. The maximum atomic E-state index is 12.9. The second-order valence-electron chi connectivity index (χ2n) is 5.92. The van der Waals surface area contributed by atoms with Crippen molar-refractivity contribution in [2.45, 2.75) is 26.9 Å². The van der Waals surface area contributed by atoms with E-state index in [1.165, 1.54) is 24.3 Å². The Bertz CT molecular complexity index is 949. The Hall–Kier alpha value is -3.00. The van der Waals surface area contributed by atoms with E-state index in [0.717, 1.165) is 22.1 Å². The molecule has 3 aromatic rings. The van der Waals surface area contributed by atoms with Crippen LogP contribution in [-0.2, 0) is 4.79 Å². The highest BCUT2D eigenvalue weighted by atomic mass is 32.1. The molecular formula is C19H19FN4O2S. The van der Waals surface area contributed by atoms with Gasteiger partial charge in [0.15, 0.2) is 11.2 Å². The first-order valence-electron chi connectivity index (χ1n) is 8.29. The van der Waals surface area contributed by atoms with Crippen LogP contribution in [0.4, 0.5) is 4.39 Å². The molecule has 0 spiro atoms. The van der Waals surface area contributed by atoms with E-state index in [0.29, 0.717) is 5.75 Å². The molecule has 0 aliphatic carbocycles. The van der Waals surface area contributed by atoms with Crippen LogP contribution in [0.15, 0.2) is 47.0 Å². The number of hydrazone groups is 1. The summed E-state index contributed by atoms with van der Waals surface area (Å²) in [4.78, 5) is 16.4. The van der Waals surface area contributed by atoms with E-state index in [-0.39, 0.29) is 5.82 Å². The highest BCUT2D eigenvalue weighted by Crippen LogP contribution is 2.21. The number of hydrogen-bond donors (Lipinski definition) is 1. The summed E-state index contributed by atoms with van der Waals surface area (Å²) in [5.74, 6) is -0.348. The first kappa shape index (κ1) is 18.8. The molecule has 0 fully saturated rings. The molecule has 0 saturated heterocycles. The van der Waals surface area contributed by atoms with E-state index in [9.17, 15) is 9.18 Å². The van der Waals surface area contributed by atoms with Gasteiger partial charge in [0.1, 0.15) is 11.6 Å². The Labute approximate surface area is 160 Å². The summed E-state index contributed by atoms with van der Waals surface area (Å²) in [7, 11) is 0. The number of ether oxygens (including phenoxy) is 1. The average Bonchev–Trinajstić information content (AvgIpc) is 3.25. The third kappa shape index (κ3) is 4.40. The van der Waals surface area contributed by atoms with E-state index in [4.69, 9.17) is 4.74 Å². The van der Waals surface area contributed by atoms with Crippen molar-refractivity contribution < 1.29 is 13.9 Å². The Morgan fingerprint density at radius 3 is 2.78 bits per heavy atom. The molecule has 0 radical (unpaired) electrons. The van der Waals surface area contributed by atoms with Crippen LogP contribution in [0, 0.1) is 19.7 Å². The normalized spacial score (nSPS) is 12.3. The van der Waals surface area contributed by atoms with Gasteiger partial charge in [0.2, 0.25) is 0 Å². The van der Waals surface area contributed by atoms with Gasteiger partial charge in [-0.15, -0.1) is 11.3 Å². The number of carbonyl (C=O) groups excluding carboxylic acids is 1. The lowest BCUT2D eigenvalue weighted by atomic mass is 10.3. The summed E-state index contributed by atoms with van der Waals surface area (Å²) < 4.78 is 20.4. The molecule has 3 rings (SSSR count). The van der Waals surface area contributed by atoms with Crippen LogP contribution in [0.25, 0.3) is 5.13 Å². The van der Waals surface area contributed by atoms with Crippen LogP contribution in [0.1, 0.15) is 23.9 Å². The topological polar surface area (TPSA) is 68.5 Å². The van der Waals surface area contributed by atoms with Crippen LogP contribution in [-0.4, -0.2) is 27.8 Å². The molecule has 0 bridgehead atoms. The minimum atomic E-state index is -0.768. The maximum absolute atomic E-state index is 12.9. The van der Waals surface area contributed by atoms with E-state index < -0.39 is 12.0 Å². The van der Waals surface area contributed by atoms with Crippen LogP contribution < -0.4 is 10.2 Å². The third-order valence-corrected chi connectivity index (χ3v) is 4.71. The number of aromatic nitrogens is 2. The minimum Gasteiger partial charge on any atom is -0.481 e. The Balaban J connectivity index is 1.62. The number of amides is 1. The molecule has 1 aromatic carbocycles. The molecule has 0 unspecified atom stereocenters. The second kappa shape index (κ2) is 8.13. The predicted molar refractivity (Wildman–Crippen MR) is 103 cm³/mol. The van der Waals surface area contributed by atoms with Crippen LogP contribution in [0.3, 0.4) is 0 Å². The van der Waals surface area contributed by atoms with Gasteiger partial charge in [-0.3, -0.25) is 9.36 Å². The molecule has 1 atom stereocenters. The van der Waals surface area contributed by atoms with Crippen molar-refractivity contribution >= 4 is 23.5 Å². The van der Waals surface area contributed by atoms with Crippen LogP contribution >= 0.6 is 11.3 Å². The van der Waals surface area contributed by atoms with E-state index in [2.05, 4.69) is 15.5 Å². The van der Waals surface area contributed by atoms with Crippen molar-refractivity contribution in [3.8, 4) is 10.9 Å². The standard InChI is InChI=1S/C19H19FN4O2S/c1-12-10-15(13(2)24(12)19-21-8-9-27-19)11-22-23-18(25)14(3)26-17-6-4-16(20)5-7-17/h4-11,14H,1-3H3,(H,23,25)/b22-11-/t14-/m1/s1. The molecule has 27 heavy (non-hydrogen) atoms. The van der Waals surface area contributed by atoms with Gasteiger partial charge in [-0.2, -0.15) is 5.10 Å². The van der Waals surface area contributed by atoms with Gasteiger partial charge in [-0.05, 0) is 51.1 Å². The minimum absolute atomic E-state index is 0.362. The number of thiazole rings is 1. The molecule has 6 nitrogen and oxygen atoms in total. The number of hydrogen-bond acceptors (Lipinski definition) is 5. The lowest BCUT2D eigenvalue weighted by molar-refractivity contribution is -0.127. The monoisotopic (exact) mass is 386 g/mol. The summed E-state index contributed by atoms with van der Waals surface area (Å²) in [5.41, 5.74) is 5.36. The number of rotatable bonds is 6. The van der Waals surface area contributed by atoms with Crippen molar-refractivity contribution in [1.29, 1.82) is 0 Å². The number of nitrogens with zero attached hydrogens (tertiary/aromatic N) is 3. The molecule has 2 heterocycles. The molecular weight excluding hydrogens is 367 g/mol. The third-order valence-electron chi connectivity index (χ3n) is 3.95. The number of halogens is 1. The number of carbonyl (C=O) groups is 1. The molecule has 1 amide bonds. The Morgan fingerprint density at radius 2 is 2.11 bits per heavy atom. The van der Waals surface area contributed by atoms with Gasteiger partial charge in [-0.1, -0.05) is 0 Å². The Morgan fingerprint density at radius 1 is 1.37 bits per heavy atom. The highest BCUT2D eigenvalue weighted by Gasteiger charge is 2.14. The van der Waals surface area contributed by atoms with Gasteiger partial charge in [0, 0.05) is 28.5 Å². The predicted octanol–water partition coefficient (Wildman–Crippen LogP) is 3.61. The zero-order chi connectivity index (χ0) is 19.4. The van der Waals surface area contributed by atoms with Crippen molar-refractivity contribution in [2.75, 3.05) is 0 Å². The zero-order valence-electron chi connectivity index (χ0n) is 15.1. The lowest BCUT2D eigenvalue weighted by Gasteiger charge is -2.12. The fourth-order valence-electron chi connectivity index (χ4n) is 2.57.